The van der Waals surface area contributed by atoms with Crippen molar-refractivity contribution in [3.8, 4) is 11.5 Å². The first-order valence-electron chi connectivity index (χ1n) is 9.27. The monoisotopic (exact) mass is 501 g/mol. The van der Waals surface area contributed by atoms with Gasteiger partial charge in [0.05, 0.1) is 10.5 Å². The Morgan fingerprint density at radius 2 is 1.45 bits per heavy atom. The van der Waals surface area contributed by atoms with Gasteiger partial charge in [0.1, 0.15) is 17.9 Å². The first kappa shape index (κ1) is 23.2. The third-order valence-corrected chi connectivity index (χ3v) is 7.53. The van der Waals surface area contributed by atoms with Crippen LogP contribution in [0.15, 0.2) is 59.5 Å². The first-order valence-corrected chi connectivity index (χ1v) is 11.1. The van der Waals surface area contributed by atoms with Gasteiger partial charge in [0, 0.05) is 17.3 Å². The average Bonchev–Trinajstić information content (AvgIpc) is 2.78. The number of aliphatic hydroxyl groups excluding tert-OH is 2. The Morgan fingerprint density at radius 1 is 0.848 bits per heavy atom. The number of halogens is 4. The summed E-state index contributed by atoms with van der Waals surface area (Å²) in [4.78, 5) is -0.824. The van der Waals surface area contributed by atoms with Crippen LogP contribution in [0.25, 0.3) is 0 Å². The molecule has 0 amide bonds. The summed E-state index contributed by atoms with van der Waals surface area (Å²) in [5.41, 5.74) is -1.83. The maximum Gasteiger partial charge on any atom is 0.416 e. The van der Waals surface area contributed by atoms with E-state index < -0.39 is 56.1 Å². The topological polar surface area (TPSA) is 118 Å². The highest BCUT2D eigenvalue weighted by molar-refractivity contribution is 7.94. The van der Waals surface area contributed by atoms with Crippen molar-refractivity contribution in [3.05, 3.63) is 82.4 Å². The Bertz CT molecular complexity index is 1360. The molecule has 0 saturated carbocycles. The van der Waals surface area contributed by atoms with Gasteiger partial charge in [-0.15, -0.1) is 0 Å². The smallest absolute Gasteiger partial charge is 0.416 e. The van der Waals surface area contributed by atoms with Crippen LogP contribution in [0.4, 0.5) is 18.9 Å². The lowest BCUT2D eigenvalue weighted by atomic mass is 9.81. The predicted molar refractivity (Wildman–Crippen MR) is 111 cm³/mol. The molecule has 0 radical (unpaired) electrons. The fourth-order valence-corrected chi connectivity index (χ4v) is 5.19. The Morgan fingerprint density at radius 3 is 2.06 bits per heavy atom. The minimum absolute atomic E-state index is 0.0303. The average molecular weight is 502 g/mol. The van der Waals surface area contributed by atoms with E-state index in [-0.39, 0.29) is 26.1 Å². The minimum Gasteiger partial charge on any atom is -0.504 e. The molecule has 0 bridgehead atoms. The Labute approximate surface area is 190 Å². The molecule has 0 heterocycles. The second kappa shape index (κ2) is 7.80. The van der Waals surface area contributed by atoms with Crippen molar-refractivity contribution < 1.29 is 42.0 Å². The molecule has 4 rings (SSSR count). The van der Waals surface area contributed by atoms with E-state index in [1.165, 1.54) is 12.1 Å². The fraction of sp³-hybridized carbons (Fsp3) is 0.143. The third-order valence-electron chi connectivity index (χ3n) is 5.34. The molecule has 0 spiro atoms. The number of rotatable bonds is 3. The lowest BCUT2D eigenvalue weighted by Gasteiger charge is -2.31. The van der Waals surface area contributed by atoms with Gasteiger partial charge in [0.2, 0.25) is 0 Å². The molecule has 3 aromatic rings. The lowest BCUT2D eigenvalue weighted by Crippen LogP contribution is -2.24. The van der Waals surface area contributed by atoms with Crippen LogP contribution in [0.5, 0.6) is 11.5 Å². The van der Waals surface area contributed by atoms with Crippen LogP contribution < -0.4 is 3.82 Å². The molecular weight excluding hydrogens is 487 g/mol. The lowest BCUT2D eigenvalue weighted by molar-refractivity contribution is -0.137. The van der Waals surface area contributed by atoms with Crippen molar-refractivity contribution in [2.75, 3.05) is 3.82 Å². The number of phenolic OH excluding ortho intramolecular Hbond substituents is 2. The molecule has 1 aliphatic carbocycles. The van der Waals surface area contributed by atoms with Gasteiger partial charge >= 0.3 is 6.18 Å². The molecular formula is C21H15ClF3NO6S. The number of phenols is 2. The predicted octanol–water partition coefficient (Wildman–Crippen LogP) is 3.94. The minimum atomic E-state index is -4.85. The Hall–Kier alpha value is -2.99. The summed E-state index contributed by atoms with van der Waals surface area (Å²) in [7, 11) is -4.85. The number of hydrogen-bond donors (Lipinski definition) is 4. The van der Waals surface area contributed by atoms with Crippen LogP contribution in [0.3, 0.4) is 0 Å². The number of benzene rings is 3. The van der Waals surface area contributed by atoms with Gasteiger partial charge in [-0.2, -0.15) is 25.4 Å². The van der Waals surface area contributed by atoms with E-state index in [1.807, 2.05) is 0 Å². The highest BCUT2D eigenvalue weighted by Gasteiger charge is 2.38. The van der Waals surface area contributed by atoms with Gasteiger partial charge < -0.3 is 20.4 Å². The third kappa shape index (κ3) is 3.66. The number of fused-ring (bicyclic) bond motifs is 2. The molecule has 174 valence electrons. The van der Waals surface area contributed by atoms with E-state index >= 15 is 0 Å². The van der Waals surface area contributed by atoms with E-state index in [2.05, 4.69) is 0 Å². The number of hydrogen-bond acceptors (Lipinski definition) is 6. The van der Waals surface area contributed by atoms with Gasteiger partial charge in [-0.25, -0.2) is 0 Å². The number of sulfonamides is 1. The van der Waals surface area contributed by atoms with Crippen LogP contribution in [-0.4, -0.2) is 28.8 Å². The zero-order chi connectivity index (χ0) is 24.3. The van der Waals surface area contributed by atoms with Gasteiger partial charge in [-0.3, -0.25) is 0 Å². The van der Waals surface area contributed by atoms with Crippen LogP contribution in [0.1, 0.15) is 40.0 Å². The van der Waals surface area contributed by atoms with Crippen LogP contribution in [-0.2, 0) is 16.2 Å². The van der Waals surface area contributed by atoms with E-state index in [0.29, 0.717) is 12.1 Å². The number of nitrogens with zero attached hydrogens (tertiary/aromatic N) is 1. The van der Waals surface area contributed by atoms with Crippen molar-refractivity contribution >= 4 is 27.5 Å². The highest BCUT2D eigenvalue weighted by atomic mass is 35.5. The van der Waals surface area contributed by atoms with Gasteiger partial charge in [0.15, 0.2) is 11.5 Å². The summed E-state index contributed by atoms with van der Waals surface area (Å²) in [5.74, 6) is -1.99. The molecule has 0 fully saturated rings. The molecule has 3 aromatic carbocycles. The molecule has 12 heteroatoms. The van der Waals surface area contributed by atoms with Gasteiger partial charge in [0.25, 0.3) is 10.0 Å². The fourth-order valence-electron chi connectivity index (χ4n) is 3.71. The largest absolute Gasteiger partial charge is 0.504 e. The second-order valence-electron chi connectivity index (χ2n) is 7.28. The van der Waals surface area contributed by atoms with Crippen molar-refractivity contribution in [1.82, 2.24) is 0 Å². The molecule has 0 aromatic heterocycles. The number of aromatic hydroxyl groups is 2. The molecule has 7 nitrogen and oxygen atoms in total. The molecule has 2 unspecified atom stereocenters. The van der Waals surface area contributed by atoms with Crippen LogP contribution in [0.2, 0.25) is 0 Å². The SMILES string of the molecule is O=S(=O)(c1cccc(C(F)(F)F)c1)N(Cl)c1cc2c(c(O)c1O)C(O)c1ccccc1C2O. The van der Waals surface area contributed by atoms with Crippen molar-refractivity contribution in [1.29, 1.82) is 0 Å². The van der Waals surface area contributed by atoms with Gasteiger partial charge in [-0.1, -0.05) is 30.3 Å². The Kier molecular flexibility index (Phi) is 5.48. The van der Waals surface area contributed by atoms with E-state index in [4.69, 9.17) is 11.8 Å². The standard InChI is InChI=1S/C21H15ClF3NO6S/c22-26(33(31,32)11-5-3-4-10(8-11)21(23,24)25)15-9-14-16(20(30)19(15)29)18(28)13-7-2-1-6-12(13)17(14)27/h1-9,17-18,27-30H. The second-order valence-corrected chi connectivity index (χ2v) is 9.60. The summed E-state index contributed by atoms with van der Waals surface area (Å²) < 4.78 is 64.9. The summed E-state index contributed by atoms with van der Waals surface area (Å²) in [6.45, 7) is 0. The number of alkyl halides is 3. The Balaban J connectivity index is 1.85. The van der Waals surface area contributed by atoms with Crippen molar-refractivity contribution in [3.63, 3.8) is 0 Å². The maximum absolute atomic E-state index is 13.0. The molecule has 2 atom stereocenters. The zero-order valence-corrected chi connectivity index (χ0v) is 17.9. The highest BCUT2D eigenvalue weighted by Crippen LogP contribution is 2.52. The summed E-state index contributed by atoms with van der Waals surface area (Å²) in [6.07, 6.45) is -7.70. The van der Waals surface area contributed by atoms with E-state index in [0.717, 1.165) is 18.2 Å². The zero-order valence-electron chi connectivity index (χ0n) is 16.3. The van der Waals surface area contributed by atoms with Crippen LogP contribution >= 0.6 is 11.8 Å². The normalized spacial score (nSPS) is 17.9. The van der Waals surface area contributed by atoms with Crippen LogP contribution in [0, 0.1) is 0 Å². The van der Waals surface area contributed by atoms with Crippen molar-refractivity contribution in [2.45, 2.75) is 23.3 Å². The molecule has 33 heavy (non-hydrogen) atoms. The molecule has 1 aliphatic rings. The molecule has 0 aliphatic heterocycles. The van der Waals surface area contributed by atoms with Crippen molar-refractivity contribution in [2.24, 2.45) is 0 Å². The number of aliphatic hydroxyl groups is 2. The molecule has 4 N–H and O–H groups in total. The molecule has 0 saturated heterocycles. The first-order chi connectivity index (χ1) is 15.4. The summed E-state index contributed by atoms with van der Waals surface area (Å²) >= 11 is 5.95. The number of anilines is 1. The maximum atomic E-state index is 13.0. The summed E-state index contributed by atoms with van der Waals surface area (Å²) in [5, 5.41) is 42.4. The summed E-state index contributed by atoms with van der Waals surface area (Å²) in [6, 6.07) is 9.93. The van der Waals surface area contributed by atoms with E-state index in [1.54, 1.807) is 12.1 Å². The quantitative estimate of drug-likeness (QED) is 0.319. The van der Waals surface area contributed by atoms with Gasteiger partial charge in [-0.05, 0) is 41.0 Å². The van der Waals surface area contributed by atoms with E-state index in [9.17, 15) is 42.0 Å².